The van der Waals surface area contributed by atoms with Gasteiger partial charge in [-0.3, -0.25) is 4.79 Å². The average Bonchev–Trinajstić information content (AvgIpc) is 2.01. The predicted octanol–water partition coefficient (Wildman–Crippen LogP) is -0.400. The number of hydrogen-bond donors (Lipinski definition) is 3. The molecule has 0 heterocycles. The quantitative estimate of drug-likeness (QED) is 0.450. The topological polar surface area (TPSA) is 89.5 Å². The Bertz CT molecular complexity index is 222. The zero-order valence-electron chi connectivity index (χ0n) is 7.89. The lowest BCUT2D eigenvalue weighted by molar-refractivity contribution is -0.140. The minimum atomic E-state index is -1.37. The van der Waals surface area contributed by atoms with Gasteiger partial charge in [0.15, 0.2) is 10.6 Å². The predicted molar refractivity (Wildman–Crippen MR) is 56.7 cm³/mol. The molecular weight excluding hydrogens is 226 g/mol. The molecule has 0 fully saturated rings. The molecule has 0 aliphatic rings. The number of hydrogen-bond acceptors (Lipinski definition) is 4. The van der Waals surface area contributed by atoms with E-state index in [-0.39, 0.29) is 5.75 Å². The molecule has 0 saturated heterocycles. The summed E-state index contributed by atoms with van der Waals surface area (Å²) in [4.78, 5) is 21.2. The number of amides is 1. The summed E-state index contributed by atoms with van der Waals surface area (Å²) in [5.74, 6) is -1.77. The molecule has 0 aromatic rings. The van der Waals surface area contributed by atoms with Crippen LogP contribution in [0.1, 0.15) is 13.8 Å². The Morgan fingerprint density at radius 1 is 1.64 bits per heavy atom. The van der Waals surface area contributed by atoms with E-state index < -0.39 is 33.7 Å². The maximum Gasteiger partial charge on any atom is 0.331 e. The molecule has 0 aromatic carbocycles. The van der Waals surface area contributed by atoms with Crippen LogP contribution >= 0.6 is 12.6 Å². The fourth-order valence-electron chi connectivity index (χ4n) is 0.724. The highest BCUT2D eigenvalue weighted by atomic mass is 32.2. The Kier molecular flexibility index (Phi) is 5.98. The van der Waals surface area contributed by atoms with Crippen LogP contribution in [0.2, 0.25) is 0 Å². The molecule has 3 atom stereocenters. The largest absolute Gasteiger partial charge is 0.615 e. The molecule has 2 N–H and O–H groups in total. The Hall–Kier alpha value is -0.400. The molecule has 0 saturated carbocycles. The van der Waals surface area contributed by atoms with E-state index in [1.165, 1.54) is 6.92 Å². The first-order valence-electron chi connectivity index (χ1n) is 3.89. The van der Waals surface area contributed by atoms with Crippen LogP contribution in [0.15, 0.2) is 0 Å². The van der Waals surface area contributed by atoms with Crippen LogP contribution in [0.3, 0.4) is 0 Å². The van der Waals surface area contributed by atoms with E-state index in [4.69, 9.17) is 5.11 Å². The van der Waals surface area contributed by atoms with Crippen molar-refractivity contribution in [1.29, 1.82) is 0 Å². The molecule has 0 rings (SSSR count). The summed E-state index contributed by atoms with van der Waals surface area (Å²) >= 11 is 2.55. The Morgan fingerprint density at radius 2 is 2.14 bits per heavy atom. The minimum absolute atomic E-state index is 0.125. The lowest BCUT2D eigenvalue weighted by Gasteiger charge is -2.18. The highest BCUT2D eigenvalue weighted by molar-refractivity contribution is 8.04. The van der Waals surface area contributed by atoms with E-state index in [2.05, 4.69) is 17.9 Å². The van der Waals surface area contributed by atoms with Gasteiger partial charge in [0, 0.05) is 6.92 Å². The first-order chi connectivity index (χ1) is 6.34. The summed E-state index contributed by atoms with van der Waals surface area (Å²) in [5, 5.41) is 10.9. The highest BCUT2D eigenvalue weighted by Crippen LogP contribution is 2.07. The number of carbonyl (C=O) groups excluding carboxylic acids is 1. The van der Waals surface area contributed by atoms with Crippen LogP contribution in [-0.4, -0.2) is 37.9 Å². The fourth-order valence-corrected chi connectivity index (χ4v) is 1.81. The van der Waals surface area contributed by atoms with E-state index in [0.29, 0.717) is 0 Å². The maximum atomic E-state index is 11.3. The molecule has 0 radical (unpaired) electrons. The van der Waals surface area contributed by atoms with E-state index >= 15 is 0 Å². The van der Waals surface area contributed by atoms with Gasteiger partial charge in [-0.1, -0.05) is 0 Å². The van der Waals surface area contributed by atoms with Gasteiger partial charge in [-0.2, -0.15) is 0 Å². The summed E-state index contributed by atoms with van der Waals surface area (Å²) in [6, 6.07) is -1.11. The molecule has 0 spiro atoms. The van der Waals surface area contributed by atoms with Crippen LogP contribution in [0.4, 0.5) is 0 Å². The first-order valence-corrected chi connectivity index (χ1v) is 5.79. The summed E-state index contributed by atoms with van der Waals surface area (Å²) in [5.41, 5.74) is 0. The van der Waals surface area contributed by atoms with Gasteiger partial charge in [0.2, 0.25) is 5.91 Å². The number of aliphatic carboxylic acids is 1. The van der Waals surface area contributed by atoms with Crippen molar-refractivity contribution in [3.63, 3.8) is 0 Å². The SMILES string of the molecule is CC(=O)N[C@@H](C[S+]([O-])C(C)S)C(=O)O. The number of carboxylic acid groups (broad SMARTS) is 1. The Labute approximate surface area is 90.8 Å². The molecule has 2 unspecified atom stereocenters. The molecule has 5 nitrogen and oxygen atoms in total. The maximum absolute atomic E-state index is 11.3. The van der Waals surface area contributed by atoms with Crippen molar-refractivity contribution in [3.8, 4) is 0 Å². The zero-order valence-corrected chi connectivity index (χ0v) is 9.60. The van der Waals surface area contributed by atoms with Gasteiger partial charge in [0.1, 0.15) is 5.75 Å². The van der Waals surface area contributed by atoms with E-state index in [1.54, 1.807) is 6.92 Å². The molecule has 14 heavy (non-hydrogen) atoms. The molecule has 0 bridgehead atoms. The van der Waals surface area contributed by atoms with Crippen molar-refractivity contribution in [3.05, 3.63) is 0 Å². The van der Waals surface area contributed by atoms with Gasteiger partial charge in [-0.25, -0.2) is 4.79 Å². The Morgan fingerprint density at radius 3 is 2.43 bits per heavy atom. The Balaban J connectivity index is 4.23. The second-order valence-electron chi connectivity index (χ2n) is 2.74. The van der Waals surface area contributed by atoms with E-state index in [9.17, 15) is 14.1 Å². The van der Waals surface area contributed by atoms with Crippen LogP contribution < -0.4 is 5.32 Å². The summed E-state index contributed by atoms with van der Waals surface area (Å²) in [6.45, 7) is 2.81. The highest BCUT2D eigenvalue weighted by Gasteiger charge is 2.26. The van der Waals surface area contributed by atoms with Crippen molar-refractivity contribution in [2.24, 2.45) is 0 Å². The summed E-state index contributed by atoms with van der Waals surface area (Å²) in [6.07, 6.45) is 0. The standard InChI is InChI=1S/C7H13NO4S2/c1-4(9)8-6(7(10)11)3-14(12)5(2)13/h5-6,13H,3H2,1-2H3,(H,8,9)(H,10,11)/t5?,6-,14?/m0/s1. The second kappa shape index (κ2) is 6.15. The summed E-state index contributed by atoms with van der Waals surface area (Å²) in [7, 11) is 0. The number of carboxylic acids is 1. The number of thiol groups is 1. The monoisotopic (exact) mass is 239 g/mol. The number of nitrogens with one attached hydrogen (secondary N) is 1. The first kappa shape index (κ1) is 13.6. The van der Waals surface area contributed by atoms with Gasteiger partial charge in [-0.15, -0.1) is 12.6 Å². The minimum Gasteiger partial charge on any atom is -0.615 e. The summed E-state index contributed by atoms with van der Waals surface area (Å²) < 4.78 is 10.8. The van der Waals surface area contributed by atoms with Crippen molar-refractivity contribution in [2.75, 3.05) is 5.75 Å². The molecule has 7 heteroatoms. The van der Waals surface area contributed by atoms with Crippen LogP contribution in [0.5, 0.6) is 0 Å². The third-order valence-corrected chi connectivity index (χ3v) is 3.52. The van der Waals surface area contributed by atoms with Gasteiger partial charge in [-0.05, 0) is 18.1 Å². The van der Waals surface area contributed by atoms with Gasteiger partial charge in [0.05, 0.1) is 0 Å². The van der Waals surface area contributed by atoms with Crippen molar-refractivity contribution in [1.82, 2.24) is 5.32 Å². The second-order valence-corrected chi connectivity index (χ2v) is 5.66. The van der Waals surface area contributed by atoms with Crippen molar-refractivity contribution < 1.29 is 19.2 Å². The molecule has 0 aliphatic heterocycles. The molecule has 0 aliphatic carbocycles. The van der Waals surface area contributed by atoms with Gasteiger partial charge >= 0.3 is 5.97 Å². The number of rotatable bonds is 5. The van der Waals surface area contributed by atoms with Gasteiger partial charge in [0.25, 0.3) is 0 Å². The zero-order chi connectivity index (χ0) is 11.3. The van der Waals surface area contributed by atoms with Crippen molar-refractivity contribution >= 4 is 35.7 Å². The number of carbonyl (C=O) groups is 2. The molecule has 0 aromatic heterocycles. The van der Waals surface area contributed by atoms with Crippen LogP contribution in [0.25, 0.3) is 0 Å². The fraction of sp³-hybridized carbons (Fsp3) is 0.714. The molecule has 82 valence electrons. The lowest BCUT2D eigenvalue weighted by atomic mass is 10.3. The third kappa shape index (κ3) is 5.36. The van der Waals surface area contributed by atoms with Crippen LogP contribution in [0, 0.1) is 0 Å². The van der Waals surface area contributed by atoms with Crippen LogP contribution in [-0.2, 0) is 20.8 Å². The molecular formula is C7H13NO4S2. The van der Waals surface area contributed by atoms with E-state index in [0.717, 1.165) is 0 Å². The average molecular weight is 239 g/mol. The lowest BCUT2D eigenvalue weighted by Crippen LogP contribution is -2.45. The third-order valence-electron chi connectivity index (χ3n) is 1.39. The molecule has 1 amide bonds. The van der Waals surface area contributed by atoms with Crippen molar-refractivity contribution in [2.45, 2.75) is 24.5 Å². The normalized spacial score (nSPS) is 16.9. The smallest absolute Gasteiger partial charge is 0.331 e. The van der Waals surface area contributed by atoms with Gasteiger partial charge < -0.3 is 15.0 Å². The van der Waals surface area contributed by atoms with E-state index in [1.807, 2.05) is 0 Å².